The van der Waals surface area contributed by atoms with Gasteiger partial charge < -0.3 is 4.74 Å². The van der Waals surface area contributed by atoms with Crippen molar-refractivity contribution in [3.63, 3.8) is 0 Å². The zero-order chi connectivity index (χ0) is 20.2. The number of halogens is 1. The van der Waals surface area contributed by atoms with E-state index in [9.17, 15) is 4.79 Å². The second kappa shape index (κ2) is 8.43. The van der Waals surface area contributed by atoms with E-state index < -0.39 is 0 Å². The molecule has 0 aliphatic carbocycles. The third-order valence-corrected chi connectivity index (χ3v) is 5.38. The van der Waals surface area contributed by atoms with Gasteiger partial charge in [-0.2, -0.15) is 9.50 Å². The maximum Gasteiger partial charge on any atom is 0.291 e. The SMILES string of the molecule is COc1ccccc1C=CC=c1sc2nc(C=Cc3ccc(Cl)cc3)nn2c1=O. The van der Waals surface area contributed by atoms with Crippen molar-refractivity contribution in [1.82, 2.24) is 14.6 Å². The largest absolute Gasteiger partial charge is 0.496 e. The number of fused-ring (bicyclic) bond motifs is 1. The summed E-state index contributed by atoms with van der Waals surface area (Å²) in [5.74, 6) is 1.26. The van der Waals surface area contributed by atoms with Gasteiger partial charge in [-0.05, 0) is 35.9 Å². The Morgan fingerprint density at radius 1 is 1.07 bits per heavy atom. The van der Waals surface area contributed by atoms with Crippen molar-refractivity contribution in [2.24, 2.45) is 0 Å². The number of nitrogens with zero attached hydrogens (tertiary/aromatic N) is 3. The van der Waals surface area contributed by atoms with E-state index in [1.165, 1.54) is 15.9 Å². The molecule has 0 atom stereocenters. The van der Waals surface area contributed by atoms with Crippen molar-refractivity contribution in [1.29, 1.82) is 0 Å². The Labute approximate surface area is 175 Å². The molecule has 0 fully saturated rings. The average molecular weight is 422 g/mol. The third kappa shape index (κ3) is 4.29. The Hall–Kier alpha value is -3.22. The molecule has 0 aliphatic rings. The van der Waals surface area contributed by atoms with E-state index >= 15 is 0 Å². The smallest absolute Gasteiger partial charge is 0.291 e. The summed E-state index contributed by atoms with van der Waals surface area (Å²) < 4.78 is 7.22. The fourth-order valence-electron chi connectivity index (χ4n) is 2.72. The molecule has 0 unspecified atom stereocenters. The van der Waals surface area contributed by atoms with Crippen molar-refractivity contribution in [2.75, 3.05) is 7.11 Å². The molecule has 4 aromatic rings. The standard InChI is InChI=1S/C22H16ClN3O2S/c1-28-18-7-3-2-5-16(18)6-4-8-19-21(27)26-22(29-19)24-20(25-26)14-11-15-9-12-17(23)13-10-15/h2-14H,1H3. The minimum Gasteiger partial charge on any atom is -0.496 e. The summed E-state index contributed by atoms with van der Waals surface area (Å²) in [6.45, 7) is 0. The van der Waals surface area contributed by atoms with Crippen molar-refractivity contribution >= 4 is 52.2 Å². The summed E-state index contributed by atoms with van der Waals surface area (Å²) >= 11 is 7.19. The number of hydrogen-bond acceptors (Lipinski definition) is 5. The lowest BCUT2D eigenvalue weighted by atomic mass is 10.2. The van der Waals surface area contributed by atoms with Crippen LogP contribution in [-0.2, 0) is 0 Å². The first kappa shape index (κ1) is 19.1. The highest BCUT2D eigenvalue weighted by molar-refractivity contribution is 7.15. The molecule has 5 nitrogen and oxygen atoms in total. The summed E-state index contributed by atoms with van der Waals surface area (Å²) in [5.41, 5.74) is 1.73. The number of aromatic nitrogens is 3. The molecular weight excluding hydrogens is 406 g/mol. The Morgan fingerprint density at radius 2 is 1.86 bits per heavy atom. The Kier molecular flexibility index (Phi) is 5.55. The van der Waals surface area contributed by atoms with Crippen molar-refractivity contribution in [2.45, 2.75) is 0 Å². The lowest BCUT2D eigenvalue weighted by molar-refractivity contribution is 0.414. The van der Waals surface area contributed by atoms with Crippen molar-refractivity contribution in [3.05, 3.63) is 91.5 Å². The fraction of sp³-hybridized carbons (Fsp3) is 0.0455. The number of thiazole rings is 1. The predicted molar refractivity (Wildman–Crippen MR) is 119 cm³/mol. The van der Waals surface area contributed by atoms with E-state index in [-0.39, 0.29) is 5.56 Å². The molecule has 4 rings (SSSR count). The number of rotatable bonds is 5. The molecule has 2 aromatic heterocycles. The third-order valence-electron chi connectivity index (χ3n) is 4.16. The average Bonchev–Trinajstić information content (AvgIpc) is 3.27. The molecule has 0 saturated heterocycles. The number of allylic oxidation sites excluding steroid dienone is 1. The van der Waals surface area contributed by atoms with Gasteiger partial charge in [0.15, 0.2) is 5.82 Å². The highest BCUT2D eigenvalue weighted by Crippen LogP contribution is 2.18. The Balaban J connectivity index is 1.58. The van der Waals surface area contributed by atoms with E-state index in [1.54, 1.807) is 19.3 Å². The van der Waals surface area contributed by atoms with Gasteiger partial charge in [0.05, 0.1) is 11.6 Å². The van der Waals surface area contributed by atoms with Crippen LogP contribution in [0.2, 0.25) is 5.02 Å². The minimum atomic E-state index is -0.187. The van der Waals surface area contributed by atoms with E-state index in [2.05, 4.69) is 10.1 Å². The van der Waals surface area contributed by atoms with Gasteiger partial charge in [0, 0.05) is 10.6 Å². The summed E-state index contributed by atoms with van der Waals surface area (Å²) in [5, 5.41) is 4.97. The number of benzene rings is 2. The number of methoxy groups -OCH3 is 1. The monoisotopic (exact) mass is 421 g/mol. The number of ether oxygens (including phenoxy) is 1. The summed E-state index contributed by atoms with van der Waals surface area (Å²) in [6, 6.07) is 15.1. The van der Waals surface area contributed by atoms with E-state index in [1.807, 2.05) is 66.8 Å². The van der Waals surface area contributed by atoms with Gasteiger partial charge in [0.25, 0.3) is 5.56 Å². The first-order valence-corrected chi connectivity index (χ1v) is 9.98. The molecule has 144 valence electrons. The predicted octanol–water partition coefficient (Wildman–Crippen LogP) is 4.20. The second-order valence-electron chi connectivity index (χ2n) is 6.09. The molecule has 7 heteroatoms. The Morgan fingerprint density at radius 3 is 2.62 bits per heavy atom. The molecule has 0 aliphatic heterocycles. The number of hydrogen-bond donors (Lipinski definition) is 0. The Bertz CT molecular complexity index is 1320. The van der Waals surface area contributed by atoms with Gasteiger partial charge in [-0.15, -0.1) is 5.10 Å². The van der Waals surface area contributed by atoms with Crippen LogP contribution in [0.3, 0.4) is 0 Å². The molecule has 0 bridgehead atoms. The van der Waals surface area contributed by atoms with E-state index in [0.29, 0.717) is 20.3 Å². The lowest BCUT2D eigenvalue weighted by Crippen LogP contribution is -2.23. The fourth-order valence-corrected chi connectivity index (χ4v) is 3.71. The summed E-state index contributed by atoms with van der Waals surface area (Å²) in [6.07, 6.45) is 9.13. The van der Waals surface area contributed by atoms with Crippen molar-refractivity contribution < 1.29 is 4.74 Å². The van der Waals surface area contributed by atoms with Gasteiger partial charge in [-0.3, -0.25) is 4.79 Å². The van der Waals surface area contributed by atoms with Crippen LogP contribution < -0.4 is 14.8 Å². The van der Waals surface area contributed by atoms with Crippen LogP contribution in [0.25, 0.3) is 29.3 Å². The summed E-state index contributed by atoms with van der Waals surface area (Å²) in [4.78, 5) is 17.5. The molecule has 0 radical (unpaired) electrons. The molecule has 0 amide bonds. The quantitative estimate of drug-likeness (QED) is 0.484. The van der Waals surface area contributed by atoms with Gasteiger partial charge in [-0.25, -0.2) is 0 Å². The molecular formula is C22H16ClN3O2S. The van der Waals surface area contributed by atoms with Crippen LogP contribution in [0.5, 0.6) is 5.75 Å². The topological polar surface area (TPSA) is 56.5 Å². The first-order chi connectivity index (χ1) is 14.1. The van der Waals surface area contributed by atoms with Crippen LogP contribution >= 0.6 is 22.9 Å². The van der Waals surface area contributed by atoms with Crippen LogP contribution in [0, 0.1) is 0 Å². The van der Waals surface area contributed by atoms with Gasteiger partial charge in [-0.1, -0.05) is 71.5 Å². The first-order valence-electron chi connectivity index (χ1n) is 8.79. The van der Waals surface area contributed by atoms with Crippen LogP contribution in [0.4, 0.5) is 0 Å². The zero-order valence-corrected chi connectivity index (χ0v) is 17.0. The molecule has 2 heterocycles. The molecule has 0 saturated carbocycles. The highest BCUT2D eigenvalue weighted by atomic mass is 35.5. The number of para-hydroxylation sites is 1. The van der Waals surface area contributed by atoms with Crippen LogP contribution in [0.1, 0.15) is 17.0 Å². The molecule has 2 aromatic carbocycles. The second-order valence-corrected chi connectivity index (χ2v) is 7.53. The molecule has 29 heavy (non-hydrogen) atoms. The van der Waals surface area contributed by atoms with Crippen LogP contribution in [-0.4, -0.2) is 21.7 Å². The highest BCUT2D eigenvalue weighted by Gasteiger charge is 2.08. The maximum atomic E-state index is 12.6. The van der Waals surface area contributed by atoms with Crippen LogP contribution in [0.15, 0.2) is 59.4 Å². The summed E-state index contributed by atoms with van der Waals surface area (Å²) in [7, 11) is 1.63. The zero-order valence-electron chi connectivity index (χ0n) is 15.4. The van der Waals surface area contributed by atoms with Crippen molar-refractivity contribution in [3.8, 4) is 5.75 Å². The maximum absolute atomic E-state index is 12.6. The van der Waals surface area contributed by atoms with Gasteiger partial charge in [0.1, 0.15) is 5.75 Å². The molecule has 0 N–H and O–H groups in total. The van der Waals surface area contributed by atoms with E-state index in [0.717, 1.165) is 16.9 Å². The normalized spacial score (nSPS) is 12.6. The van der Waals surface area contributed by atoms with E-state index in [4.69, 9.17) is 16.3 Å². The minimum absolute atomic E-state index is 0.187. The van der Waals surface area contributed by atoms with Gasteiger partial charge >= 0.3 is 0 Å². The lowest BCUT2D eigenvalue weighted by Gasteiger charge is -2.02. The molecule has 0 spiro atoms. The van der Waals surface area contributed by atoms with Gasteiger partial charge in [0.2, 0.25) is 4.96 Å².